The van der Waals surface area contributed by atoms with Crippen LogP contribution in [-0.4, -0.2) is 37.5 Å². The molecule has 0 saturated carbocycles. The molecule has 0 spiro atoms. The zero-order valence-electron chi connectivity index (χ0n) is 4.46. The van der Waals surface area contributed by atoms with E-state index in [9.17, 15) is 0 Å². The quantitative estimate of drug-likeness (QED) is 0.310. The van der Waals surface area contributed by atoms with Gasteiger partial charge in [0, 0.05) is 69.6 Å². The van der Waals surface area contributed by atoms with E-state index in [0.29, 0.717) is 0 Å². The Balaban J connectivity index is -0.0000000300. The van der Waals surface area contributed by atoms with E-state index >= 15 is 0 Å². The predicted octanol–water partition coefficient (Wildman–Crippen LogP) is -3.23. The molecule has 0 aliphatic heterocycles. The van der Waals surface area contributed by atoms with Gasteiger partial charge in [-0.15, -0.1) is 0 Å². The van der Waals surface area contributed by atoms with Gasteiger partial charge in [0.2, 0.25) is 0 Å². The van der Waals surface area contributed by atoms with Crippen molar-refractivity contribution in [3.05, 3.63) is 0 Å². The minimum Gasteiger partial charge on any atom is -0.511 e. The van der Waals surface area contributed by atoms with Crippen LogP contribution in [0.3, 0.4) is 0 Å². The van der Waals surface area contributed by atoms with Crippen molar-refractivity contribution in [2.24, 2.45) is 0 Å². The van der Waals surface area contributed by atoms with Crippen molar-refractivity contribution in [2.75, 3.05) is 0 Å². The van der Waals surface area contributed by atoms with Crippen molar-refractivity contribution in [1.29, 1.82) is 0 Å². The monoisotopic (exact) mass is 414 g/mol. The summed E-state index contributed by atoms with van der Waals surface area (Å²) >= 11 is 0. The summed E-state index contributed by atoms with van der Waals surface area (Å²) in [6.45, 7) is 0. The van der Waals surface area contributed by atoms with Crippen LogP contribution in [-0.2, 0) is 41.6 Å². The Morgan fingerprint density at radius 3 is 0.800 bits per heavy atom. The third-order valence-corrected chi connectivity index (χ3v) is 0. The van der Waals surface area contributed by atoms with Gasteiger partial charge in [-0.05, 0) is 0 Å². The molecule has 0 saturated heterocycles. The van der Waals surface area contributed by atoms with Crippen LogP contribution in [0.25, 0.3) is 0 Å². The van der Waals surface area contributed by atoms with Gasteiger partial charge in [-0.25, -0.2) is 0 Å². The fourth-order valence-electron chi connectivity index (χ4n) is 0. The minimum atomic E-state index is -3.13. The smallest absolute Gasteiger partial charge is 0.511 e. The second-order valence-corrected chi connectivity index (χ2v) is 1.70. The van der Waals surface area contributed by atoms with E-state index in [1.165, 1.54) is 0 Å². The molecule has 6 nitrogen and oxygen atoms in total. The molecule has 10 heteroatoms. The van der Waals surface area contributed by atoms with Crippen LogP contribution in [0.15, 0.2) is 0 Å². The topological polar surface area (TPSA) is 115 Å². The summed E-state index contributed by atoms with van der Waals surface area (Å²) in [4.78, 5) is 28.6. The van der Waals surface area contributed by atoms with Crippen LogP contribution >= 0.6 is 0 Å². The van der Waals surface area contributed by atoms with Crippen molar-refractivity contribution in [2.45, 2.75) is 0 Å². The third kappa shape index (κ3) is 285. The molecule has 0 unspecified atom stereocenters. The summed E-state index contributed by atoms with van der Waals surface area (Å²) in [5.41, 5.74) is 0. The van der Waals surface area contributed by atoms with Gasteiger partial charge in [-0.3, -0.25) is 8.92 Å². The van der Waals surface area contributed by atoms with Crippen LogP contribution in [0.2, 0.25) is 0 Å². The molecule has 0 aromatic heterocycles. The van der Waals surface area contributed by atoms with Crippen molar-refractivity contribution in [3.63, 3.8) is 0 Å². The van der Waals surface area contributed by atoms with E-state index in [4.69, 9.17) is 28.1 Å². The molecule has 0 bridgehead atoms. The van der Waals surface area contributed by atoms with Crippen molar-refractivity contribution < 1.29 is 97.7 Å². The average Bonchev–Trinajstić information content (AvgIpc) is 1.25. The van der Waals surface area contributed by atoms with Crippen LogP contribution in [0.1, 0.15) is 0 Å². The second kappa shape index (κ2) is 16.9. The standard InChI is InChI=1S/2H2O3Si.Tm.Y/c2*1-4(2)3;;/h2*1-2H;;. The van der Waals surface area contributed by atoms with E-state index in [-0.39, 0.29) is 69.6 Å². The fourth-order valence-corrected chi connectivity index (χ4v) is 0. The van der Waals surface area contributed by atoms with E-state index in [2.05, 4.69) is 0 Å². The predicted molar refractivity (Wildman–Crippen MR) is 21.8 cm³/mol. The Hall–Kier alpha value is 1.57. The molecule has 0 aromatic rings. The number of rotatable bonds is 0. The summed E-state index contributed by atoms with van der Waals surface area (Å²) in [5, 5.41) is 0. The first-order chi connectivity index (χ1) is 3.46. The molecule has 0 amide bonds. The average molecular weight is 414 g/mol. The molecule has 0 fully saturated rings. The van der Waals surface area contributed by atoms with Gasteiger partial charge in [0.05, 0.1) is 0 Å². The molecule has 0 aromatic carbocycles. The summed E-state index contributed by atoms with van der Waals surface area (Å²) < 4.78 is 17.5. The first-order valence-electron chi connectivity index (χ1n) is 1.30. The summed E-state index contributed by atoms with van der Waals surface area (Å²) in [6.07, 6.45) is 0. The first-order valence-corrected chi connectivity index (χ1v) is 3.91. The number of hydrogen-bond acceptors (Lipinski definition) is 2. The maximum absolute atomic E-state index is 8.74. The van der Waals surface area contributed by atoms with Gasteiger partial charge in [0.15, 0.2) is 0 Å². The number of hydrogen-bond donors (Lipinski definition) is 4. The molecule has 0 aliphatic rings. The first kappa shape index (κ1) is 22.6. The molecule has 0 rings (SSSR count). The molecule has 0 atom stereocenters. The molecule has 2 radical (unpaired) electrons. The van der Waals surface area contributed by atoms with Gasteiger partial charge in [0.25, 0.3) is 0 Å². The van der Waals surface area contributed by atoms with Crippen LogP contribution in [0.5, 0.6) is 0 Å². The molecule has 0 heterocycles. The van der Waals surface area contributed by atoms with E-state index in [1.54, 1.807) is 0 Å². The fraction of sp³-hybridized carbons (Fsp3) is 0. The molecule has 4 N–H and O–H groups in total. The second-order valence-electron chi connectivity index (χ2n) is 0.565. The molecule has 64 valence electrons. The Kier molecular flexibility index (Phi) is 38.1. The van der Waals surface area contributed by atoms with Gasteiger partial charge >= 0.3 is 18.3 Å². The zero-order chi connectivity index (χ0) is 7.15. The zero-order valence-corrected chi connectivity index (χ0v) is 11.1. The molecular weight excluding hydrogens is 410 g/mol. The van der Waals surface area contributed by atoms with E-state index < -0.39 is 18.3 Å². The Labute approximate surface area is 114 Å². The van der Waals surface area contributed by atoms with Gasteiger partial charge in [-0.1, -0.05) is 0 Å². The van der Waals surface area contributed by atoms with Crippen LogP contribution < -0.4 is 0 Å². The Morgan fingerprint density at radius 1 is 0.800 bits per heavy atom. The van der Waals surface area contributed by atoms with Crippen LogP contribution in [0.4, 0.5) is 0 Å². The van der Waals surface area contributed by atoms with Crippen LogP contribution in [0, 0.1) is 36.9 Å². The SMILES string of the molecule is O=[Si](O)O.O=[Si](O)O.[Tm].[Y]. The normalized spacial score (nSPS) is 4.80. The molecular formula is H4O6Si2TmY. The van der Waals surface area contributed by atoms with Gasteiger partial charge in [-0.2, -0.15) is 0 Å². The molecule has 0 aliphatic carbocycles. The van der Waals surface area contributed by atoms with Crippen molar-refractivity contribution >= 4 is 18.3 Å². The summed E-state index contributed by atoms with van der Waals surface area (Å²) in [7, 11) is -6.26. The van der Waals surface area contributed by atoms with Gasteiger partial charge < -0.3 is 19.2 Å². The summed E-state index contributed by atoms with van der Waals surface area (Å²) in [6, 6.07) is 0. The van der Waals surface area contributed by atoms with Crippen molar-refractivity contribution in [1.82, 2.24) is 0 Å². The third-order valence-electron chi connectivity index (χ3n) is 0. The maximum atomic E-state index is 8.74. The summed E-state index contributed by atoms with van der Waals surface area (Å²) in [5.74, 6) is 0. The van der Waals surface area contributed by atoms with E-state index in [0.717, 1.165) is 0 Å². The van der Waals surface area contributed by atoms with Crippen molar-refractivity contribution in [3.8, 4) is 0 Å². The Morgan fingerprint density at radius 2 is 0.800 bits per heavy atom. The van der Waals surface area contributed by atoms with Gasteiger partial charge in [0.1, 0.15) is 0 Å². The molecule has 10 heavy (non-hydrogen) atoms. The Bertz CT molecular complexity index is 73.7. The van der Waals surface area contributed by atoms with E-state index in [1.807, 2.05) is 0 Å². The largest absolute Gasteiger partial charge is 0.761 e. The minimum absolute atomic E-state index is 0. The maximum Gasteiger partial charge on any atom is 0.761 e.